The molecule has 8 heterocycles. The van der Waals surface area contributed by atoms with Crippen LogP contribution >= 0.6 is 0 Å². The number of nitrogens with zero attached hydrogens (tertiary/aromatic N) is 10. The Morgan fingerprint density at radius 3 is 1.40 bits per heavy atom. The van der Waals surface area contributed by atoms with Crippen LogP contribution in [0.25, 0.3) is 66.6 Å². The highest BCUT2D eigenvalue weighted by Gasteiger charge is 2.33. The van der Waals surface area contributed by atoms with Gasteiger partial charge in [0.2, 0.25) is 41.4 Å². The molecule has 638 valence electrons. The fraction of sp³-hybridized carbons (Fsp3) is 0.337. The normalized spacial score (nSPS) is 15.0. The highest BCUT2D eigenvalue weighted by molar-refractivity contribution is 6.01. The first-order chi connectivity index (χ1) is 60.3. The van der Waals surface area contributed by atoms with Crippen molar-refractivity contribution in [2.45, 2.75) is 141 Å². The molecule has 0 bridgehead atoms. The summed E-state index contributed by atoms with van der Waals surface area (Å²) in [4.78, 5) is 95.9. The van der Waals surface area contributed by atoms with Crippen molar-refractivity contribution in [3.63, 3.8) is 0 Å². The standard InChI is InChI=1S/C31H33N7O5.C31H31N5O5.C30H30FN5O4/c1-17-34-23-10-8-18(14-25(23)42-17)21-16-33-28-27(21)29(43-20-6-4-5-7-20)37-31(36-28)35-22-11-9-19(15-24(22)41-3)30(40)38(2)13-12-26(32)39;1-17-32-24-10-7-18(13-27(24)40-17)22-9-12-25-28(22)30(41-21-5-3-4-6-21)36-31(35-25)34-23-11-8-19(14-26(23)38-2)29(37)33-20-15-39-16-20;1-17-33-23-10-7-18(15-26(23)39-17)21-9-12-24-27(21)29(40-20-5-3-4-6-20)36-30(35-24)34-22-11-8-19(16-25(22)38-2)28(37)32-14-13-31/h8-11,14-16,20H,4-7,12-13H2,1-3H3,(H2,32,39)(H2,33,35,36,37);7-11,13-14,20-21H,3-6,12,15-16H2,1-2H3,(H,33,37)(H,34,35,36);7-11,15-16,20H,3-6,12-14H2,1-2H3,(H,32,37)(H,34,35,36). The number of alkyl halides is 1. The molecule has 3 saturated carbocycles. The van der Waals surface area contributed by atoms with Gasteiger partial charge in [-0.2, -0.15) is 19.9 Å². The van der Waals surface area contributed by atoms with E-state index in [1.807, 2.05) is 75.5 Å². The number of fused-ring (bicyclic) bond motifs is 6. The van der Waals surface area contributed by atoms with E-state index in [9.17, 15) is 23.6 Å². The maximum Gasteiger partial charge on any atom is 0.253 e. The molecule has 32 heteroatoms. The summed E-state index contributed by atoms with van der Waals surface area (Å²) in [5.74, 6) is 4.67. The van der Waals surface area contributed by atoms with E-state index < -0.39 is 12.6 Å². The zero-order chi connectivity index (χ0) is 85.6. The molecule has 0 radical (unpaired) electrons. The number of rotatable bonds is 27. The number of anilines is 6. The largest absolute Gasteiger partial charge is 0.495 e. The number of halogens is 1. The van der Waals surface area contributed by atoms with Crippen LogP contribution < -0.4 is 60.7 Å². The van der Waals surface area contributed by atoms with Gasteiger partial charge in [0.05, 0.1) is 85.5 Å². The fourth-order valence-electron chi connectivity index (χ4n) is 16.3. The molecule has 124 heavy (non-hydrogen) atoms. The van der Waals surface area contributed by atoms with Crippen LogP contribution in [-0.4, -0.2) is 164 Å². The van der Waals surface area contributed by atoms with Crippen LogP contribution in [-0.2, 0) is 22.4 Å². The summed E-state index contributed by atoms with van der Waals surface area (Å²) >= 11 is 0. The molecule has 19 rings (SSSR count). The molecule has 8 N–H and O–H groups in total. The fourth-order valence-corrected chi connectivity index (χ4v) is 16.3. The van der Waals surface area contributed by atoms with Gasteiger partial charge in [0.25, 0.3) is 17.7 Å². The van der Waals surface area contributed by atoms with Gasteiger partial charge in [-0.15, -0.1) is 0 Å². The lowest BCUT2D eigenvalue weighted by atomic mass is 10.0. The number of amides is 4. The Balaban J connectivity index is 0.000000132. The molecule has 6 aliphatic rings. The minimum absolute atomic E-state index is 0.0458. The molecule has 31 nitrogen and oxygen atoms in total. The summed E-state index contributed by atoms with van der Waals surface area (Å²) in [5.41, 5.74) is 23.0. The average Bonchev–Trinajstić information content (AvgIpc) is 1.61. The first kappa shape index (κ1) is 82.3. The van der Waals surface area contributed by atoms with E-state index in [1.54, 1.807) is 68.8 Å². The number of aryl methyl sites for hydroxylation is 3. The Morgan fingerprint density at radius 1 is 0.516 bits per heavy atom. The van der Waals surface area contributed by atoms with E-state index in [0.29, 0.717) is 141 Å². The number of methoxy groups -OCH3 is 3. The van der Waals surface area contributed by atoms with Gasteiger partial charge in [-0.3, -0.25) is 19.2 Å². The van der Waals surface area contributed by atoms with Gasteiger partial charge in [0.15, 0.2) is 34.4 Å². The number of hydrogen-bond acceptors (Lipinski definition) is 26. The quantitative estimate of drug-likeness (QED) is 0.0251. The number of carbonyl (C=O) groups is 4. The van der Waals surface area contributed by atoms with Crippen molar-refractivity contribution in [1.82, 2.24) is 65.4 Å². The third-order valence-corrected chi connectivity index (χ3v) is 22.6. The molecule has 6 aromatic carbocycles. The smallest absolute Gasteiger partial charge is 0.253 e. The summed E-state index contributed by atoms with van der Waals surface area (Å²) in [6.45, 7) is 6.13. The number of aromatic nitrogens is 10. The second kappa shape index (κ2) is 36.3. The Kier molecular flexibility index (Phi) is 24.1. The molecule has 0 atom stereocenters. The van der Waals surface area contributed by atoms with E-state index in [0.717, 1.165) is 166 Å². The third-order valence-electron chi connectivity index (χ3n) is 22.6. The lowest BCUT2D eigenvalue weighted by Gasteiger charge is -2.26. The predicted molar refractivity (Wildman–Crippen MR) is 463 cm³/mol. The van der Waals surface area contributed by atoms with Crippen molar-refractivity contribution in [1.29, 1.82) is 0 Å². The van der Waals surface area contributed by atoms with Gasteiger partial charge in [-0.25, -0.2) is 29.3 Å². The van der Waals surface area contributed by atoms with Crippen molar-refractivity contribution >= 4 is 114 Å². The SMILES string of the molecule is COc1cc(C(=O)N(C)CCC(N)=O)ccc1Nc1nc(OC2CCCC2)c2c(-c3ccc4nc(C)oc4c3)c[nH]c2n1.COc1cc(C(=O)NC2COC2)ccc1Nc1nc2c(c(OC3CCCC3)n1)C(c1ccc3nc(C)oc3c1)=CC2.COc1cc(C(=O)NCCF)ccc1Nc1nc2c(c(OC3CCCC3)n1)C(c1ccc3nc(C)oc3c1)=CC2. The van der Waals surface area contributed by atoms with Gasteiger partial charge < -0.3 is 88.6 Å². The Bertz CT molecular complexity index is 6290. The van der Waals surface area contributed by atoms with E-state index in [1.165, 1.54) is 19.1 Å². The van der Waals surface area contributed by atoms with Crippen molar-refractivity contribution in [2.24, 2.45) is 5.73 Å². The van der Waals surface area contributed by atoms with Crippen LogP contribution in [0.15, 0.2) is 141 Å². The number of nitrogens with two attached hydrogens (primary N) is 1. The number of aromatic amines is 1. The summed E-state index contributed by atoms with van der Waals surface area (Å²) in [6.07, 6.45) is 20.6. The summed E-state index contributed by atoms with van der Waals surface area (Å²) in [6, 6.07) is 33.2. The number of nitrogens with one attached hydrogen (secondary N) is 6. The number of allylic oxidation sites excluding steroid dienone is 2. The number of hydrogen-bond donors (Lipinski definition) is 7. The number of benzene rings is 6. The maximum absolute atomic E-state index is 12.9. The zero-order valence-corrected chi connectivity index (χ0v) is 69.7. The van der Waals surface area contributed by atoms with Gasteiger partial charge in [-0.1, -0.05) is 30.4 Å². The first-order valence-electron chi connectivity index (χ1n) is 41.7. The number of primary amides is 1. The summed E-state index contributed by atoms with van der Waals surface area (Å²) < 4.78 is 71.2. The lowest BCUT2D eigenvalue weighted by Crippen LogP contribution is -2.48. The van der Waals surface area contributed by atoms with Crippen molar-refractivity contribution < 1.29 is 70.0 Å². The first-order valence-corrected chi connectivity index (χ1v) is 41.7. The maximum atomic E-state index is 12.9. The Hall–Kier alpha value is -14.0. The molecule has 0 spiro atoms. The molecule has 0 unspecified atom stereocenters. The Morgan fingerprint density at radius 2 is 0.944 bits per heavy atom. The third kappa shape index (κ3) is 18.1. The number of ether oxygens (including phenoxy) is 7. The van der Waals surface area contributed by atoms with E-state index in [2.05, 4.69) is 64.7 Å². The van der Waals surface area contributed by atoms with E-state index >= 15 is 0 Å². The molecular weight excluding hydrogens is 1590 g/mol. The molecular formula is C92H94FN17O14. The minimum Gasteiger partial charge on any atom is -0.495 e. The van der Waals surface area contributed by atoms with Gasteiger partial charge >= 0.3 is 0 Å². The molecule has 13 aromatic rings. The highest BCUT2D eigenvalue weighted by atomic mass is 19.1. The van der Waals surface area contributed by atoms with Crippen LogP contribution in [0.2, 0.25) is 0 Å². The number of carbonyl (C=O) groups excluding carboxylic acids is 4. The monoisotopic (exact) mass is 1680 g/mol. The average molecular weight is 1680 g/mol. The molecule has 1 saturated heterocycles. The van der Waals surface area contributed by atoms with Crippen LogP contribution in [0.3, 0.4) is 0 Å². The Labute approximate surface area is 711 Å². The molecule has 5 aliphatic carbocycles. The van der Waals surface area contributed by atoms with Crippen LogP contribution in [0.4, 0.5) is 39.3 Å². The second-order valence-electron chi connectivity index (χ2n) is 31.3. The van der Waals surface area contributed by atoms with Crippen molar-refractivity contribution in [2.75, 3.05) is 77.3 Å². The second-order valence-corrected chi connectivity index (χ2v) is 31.3. The number of H-pyrrole nitrogens is 1. The van der Waals surface area contributed by atoms with Crippen molar-refractivity contribution in [3.8, 4) is 46.0 Å². The number of oxazole rings is 3. The van der Waals surface area contributed by atoms with Crippen LogP contribution in [0.1, 0.15) is 166 Å². The van der Waals surface area contributed by atoms with E-state index in [4.69, 9.17) is 82.0 Å². The zero-order valence-electron chi connectivity index (χ0n) is 69.7. The summed E-state index contributed by atoms with van der Waals surface area (Å²) in [5, 5.41) is 16.0. The minimum atomic E-state index is -0.631. The van der Waals surface area contributed by atoms with Crippen LogP contribution in [0, 0.1) is 20.8 Å². The molecule has 4 fully saturated rings. The van der Waals surface area contributed by atoms with Crippen LogP contribution in [0.5, 0.6) is 34.9 Å². The predicted octanol–water partition coefficient (Wildman–Crippen LogP) is 15.9. The van der Waals surface area contributed by atoms with Gasteiger partial charge in [0, 0.05) is 88.6 Å². The molecule has 1 aliphatic heterocycles. The summed E-state index contributed by atoms with van der Waals surface area (Å²) in [7, 11) is 6.23. The highest BCUT2D eigenvalue weighted by Crippen LogP contribution is 2.45. The van der Waals surface area contributed by atoms with E-state index in [-0.39, 0.29) is 61.6 Å². The lowest BCUT2D eigenvalue weighted by molar-refractivity contribution is -0.118. The molecule has 7 aromatic heterocycles. The molecule has 4 amide bonds. The van der Waals surface area contributed by atoms with Crippen molar-refractivity contribution in [3.05, 3.63) is 196 Å². The van der Waals surface area contributed by atoms with Gasteiger partial charge in [0.1, 0.15) is 64.4 Å². The van der Waals surface area contributed by atoms with Gasteiger partial charge in [-0.05, 0) is 196 Å². The topological polar surface area (TPSA) is 394 Å².